The lowest BCUT2D eigenvalue weighted by atomic mass is 10.1. The third-order valence-electron chi connectivity index (χ3n) is 2.77. The summed E-state index contributed by atoms with van der Waals surface area (Å²) in [5.74, 6) is 1.47. The summed E-state index contributed by atoms with van der Waals surface area (Å²) in [6.45, 7) is 15.4. The van der Waals surface area contributed by atoms with E-state index in [9.17, 15) is 0 Å². The Kier molecular flexibility index (Phi) is 6.32. The molecule has 96 valence electrons. The molecule has 1 rings (SSSR count). The van der Waals surface area contributed by atoms with Gasteiger partial charge in [-0.3, -0.25) is 4.90 Å². The van der Waals surface area contributed by atoms with Gasteiger partial charge in [-0.05, 0) is 18.4 Å². The summed E-state index contributed by atoms with van der Waals surface area (Å²) in [6, 6.07) is 0. The number of hydrogen-bond acceptors (Lipinski definition) is 3. The molecule has 0 aromatic heterocycles. The topological polar surface area (TPSA) is 24.5 Å². The van der Waals surface area contributed by atoms with Crippen LogP contribution in [0.4, 0.5) is 0 Å². The molecule has 0 radical (unpaired) electrons. The van der Waals surface area contributed by atoms with Crippen LogP contribution in [0.5, 0.6) is 0 Å². The van der Waals surface area contributed by atoms with Crippen molar-refractivity contribution < 1.29 is 4.74 Å². The van der Waals surface area contributed by atoms with Crippen molar-refractivity contribution in [2.75, 3.05) is 39.3 Å². The number of morpholine rings is 1. The molecule has 0 unspecified atom stereocenters. The van der Waals surface area contributed by atoms with Crippen LogP contribution in [0.3, 0.4) is 0 Å². The Balaban J connectivity index is 2.17. The minimum Gasteiger partial charge on any atom is -0.374 e. The first-order valence-corrected chi connectivity index (χ1v) is 6.62. The quantitative estimate of drug-likeness (QED) is 0.747. The van der Waals surface area contributed by atoms with Crippen molar-refractivity contribution in [3.8, 4) is 0 Å². The lowest BCUT2D eigenvalue weighted by molar-refractivity contribution is -0.0303. The second-order valence-electron chi connectivity index (χ2n) is 5.70. The first kappa shape index (κ1) is 13.9. The van der Waals surface area contributed by atoms with E-state index in [4.69, 9.17) is 4.74 Å². The Hall–Kier alpha value is -0.120. The maximum Gasteiger partial charge on any atom is 0.0826 e. The van der Waals surface area contributed by atoms with Crippen LogP contribution < -0.4 is 5.32 Å². The summed E-state index contributed by atoms with van der Waals surface area (Å²) in [6.07, 6.45) is 0.381. The average Bonchev–Trinajstić information content (AvgIpc) is 2.16. The van der Waals surface area contributed by atoms with Gasteiger partial charge < -0.3 is 10.1 Å². The van der Waals surface area contributed by atoms with E-state index in [0.717, 1.165) is 44.6 Å². The number of rotatable bonds is 6. The predicted molar refractivity (Wildman–Crippen MR) is 68.7 cm³/mol. The van der Waals surface area contributed by atoms with Gasteiger partial charge in [0.15, 0.2) is 0 Å². The number of ether oxygens (including phenoxy) is 1. The second-order valence-corrected chi connectivity index (χ2v) is 5.70. The van der Waals surface area contributed by atoms with Crippen molar-refractivity contribution in [1.82, 2.24) is 10.2 Å². The highest BCUT2D eigenvalue weighted by Gasteiger charge is 2.20. The lowest BCUT2D eigenvalue weighted by Gasteiger charge is -2.34. The van der Waals surface area contributed by atoms with Crippen LogP contribution in [0.2, 0.25) is 0 Å². The van der Waals surface area contributed by atoms with Crippen molar-refractivity contribution in [3.63, 3.8) is 0 Å². The van der Waals surface area contributed by atoms with Gasteiger partial charge in [0.2, 0.25) is 0 Å². The fourth-order valence-electron chi connectivity index (χ4n) is 2.12. The van der Waals surface area contributed by atoms with Gasteiger partial charge in [-0.2, -0.15) is 0 Å². The summed E-state index contributed by atoms with van der Waals surface area (Å²) < 4.78 is 5.77. The van der Waals surface area contributed by atoms with Crippen LogP contribution >= 0.6 is 0 Å². The summed E-state index contributed by atoms with van der Waals surface area (Å²) in [7, 11) is 0. The van der Waals surface area contributed by atoms with Gasteiger partial charge in [0.25, 0.3) is 0 Å². The van der Waals surface area contributed by atoms with Crippen molar-refractivity contribution in [2.24, 2.45) is 11.8 Å². The predicted octanol–water partition coefficient (Wildman–Crippen LogP) is 1.59. The van der Waals surface area contributed by atoms with Crippen LogP contribution in [-0.2, 0) is 4.74 Å². The Bertz CT molecular complexity index is 183. The summed E-state index contributed by atoms with van der Waals surface area (Å²) in [4.78, 5) is 2.52. The van der Waals surface area contributed by atoms with Crippen LogP contribution in [0, 0.1) is 11.8 Å². The molecule has 1 heterocycles. The van der Waals surface area contributed by atoms with Crippen LogP contribution in [0.25, 0.3) is 0 Å². The van der Waals surface area contributed by atoms with Crippen molar-refractivity contribution in [3.05, 3.63) is 0 Å². The highest BCUT2D eigenvalue weighted by molar-refractivity contribution is 4.74. The van der Waals surface area contributed by atoms with Gasteiger partial charge in [-0.15, -0.1) is 0 Å². The third kappa shape index (κ3) is 5.83. The third-order valence-corrected chi connectivity index (χ3v) is 2.77. The molecule has 1 atom stereocenters. The molecular weight excluding hydrogens is 200 g/mol. The number of hydrogen-bond donors (Lipinski definition) is 1. The molecule has 3 heteroatoms. The molecule has 0 saturated carbocycles. The Morgan fingerprint density at radius 3 is 2.62 bits per heavy atom. The van der Waals surface area contributed by atoms with E-state index in [1.54, 1.807) is 0 Å². The smallest absolute Gasteiger partial charge is 0.0826 e. The molecule has 0 aromatic rings. The van der Waals surface area contributed by atoms with Crippen molar-refractivity contribution in [2.45, 2.75) is 33.8 Å². The molecule has 1 saturated heterocycles. The Morgan fingerprint density at radius 1 is 1.25 bits per heavy atom. The highest BCUT2D eigenvalue weighted by atomic mass is 16.5. The van der Waals surface area contributed by atoms with Crippen LogP contribution in [-0.4, -0.2) is 50.3 Å². The molecule has 1 aliphatic rings. The molecule has 0 bridgehead atoms. The van der Waals surface area contributed by atoms with Crippen molar-refractivity contribution in [1.29, 1.82) is 0 Å². The van der Waals surface area contributed by atoms with Gasteiger partial charge in [0, 0.05) is 26.2 Å². The Morgan fingerprint density at radius 2 is 2.00 bits per heavy atom. The normalized spacial score (nSPS) is 23.2. The summed E-state index contributed by atoms with van der Waals surface area (Å²) in [5, 5.41) is 3.48. The average molecular weight is 228 g/mol. The lowest BCUT2D eigenvalue weighted by Crippen LogP contribution is -2.47. The van der Waals surface area contributed by atoms with Gasteiger partial charge in [0.1, 0.15) is 0 Å². The minimum absolute atomic E-state index is 0.381. The zero-order chi connectivity index (χ0) is 12.0. The molecule has 0 amide bonds. The maximum atomic E-state index is 5.77. The van der Waals surface area contributed by atoms with Gasteiger partial charge in [-0.25, -0.2) is 0 Å². The second kappa shape index (κ2) is 7.25. The molecule has 1 N–H and O–H groups in total. The Labute approximate surface area is 101 Å². The molecule has 0 spiro atoms. The van der Waals surface area contributed by atoms with E-state index in [0.29, 0.717) is 6.10 Å². The number of nitrogens with zero attached hydrogens (tertiary/aromatic N) is 1. The molecule has 1 fully saturated rings. The van der Waals surface area contributed by atoms with Crippen molar-refractivity contribution >= 4 is 0 Å². The fraction of sp³-hybridized carbons (Fsp3) is 1.00. The number of nitrogens with one attached hydrogen (secondary N) is 1. The molecular formula is C13H28N2O. The first-order chi connectivity index (χ1) is 7.58. The van der Waals surface area contributed by atoms with Gasteiger partial charge >= 0.3 is 0 Å². The van der Waals surface area contributed by atoms with Gasteiger partial charge in [-0.1, -0.05) is 27.7 Å². The van der Waals surface area contributed by atoms with Crippen LogP contribution in [0.15, 0.2) is 0 Å². The van der Waals surface area contributed by atoms with E-state index in [2.05, 4.69) is 37.9 Å². The zero-order valence-corrected chi connectivity index (χ0v) is 11.3. The maximum absolute atomic E-state index is 5.77. The van der Waals surface area contributed by atoms with E-state index >= 15 is 0 Å². The molecule has 16 heavy (non-hydrogen) atoms. The van der Waals surface area contributed by atoms with E-state index in [1.807, 2.05) is 0 Å². The zero-order valence-electron chi connectivity index (χ0n) is 11.3. The highest BCUT2D eigenvalue weighted by Crippen LogP contribution is 2.07. The molecule has 1 aliphatic heterocycles. The standard InChI is InChI=1S/C13H28N2O/c1-11(2)7-14-8-13-10-15(5-6-16-13)9-12(3)4/h11-14H,5-10H2,1-4H3/t13-/m0/s1. The minimum atomic E-state index is 0.381. The first-order valence-electron chi connectivity index (χ1n) is 6.62. The fourth-order valence-corrected chi connectivity index (χ4v) is 2.12. The molecule has 0 aromatic carbocycles. The van der Waals surface area contributed by atoms with Gasteiger partial charge in [0.05, 0.1) is 12.7 Å². The van der Waals surface area contributed by atoms with E-state index in [1.165, 1.54) is 6.54 Å². The van der Waals surface area contributed by atoms with E-state index < -0.39 is 0 Å². The molecule has 3 nitrogen and oxygen atoms in total. The molecule has 0 aliphatic carbocycles. The largest absolute Gasteiger partial charge is 0.374 e. The monoisotopic (exact) mass is 228 g/mol. The summed E-state index contributed by atoms with van der Waals surface area (Å²) in [5.41, 5.74) is 0. The van der Waals surface area contributed by atoms with Crippen LogP contribution in [0.1, 0.15) is 27.7 Å². The van der Waals surface area contributed by atoms with E-state index in [-0.39, 0.29) is 0 Å². The SMILES string of the molecule is CC(C)CNC[C@H]1CN(CC(C)C)CCO1. The summed E-state index contributed by atoms with van der Waals surface area (Å²) >= 11 is 0.